The predicted molar refractivity (Wildman–Crippen MR) is 71.1 cm³/mol. The number of aldehydes is 1. The van der Waals surface area contributed by atoms with Crippen LogP contribution in [0.4, 0.5) is 0 Å². The molecule has 0 spiro atoms. The Balaban J connectivity index is 2.12. The summed E-state index contributed by atoms with van der Waals surface area (Å²) in [7, 11) is 0. The van der Waals surface area contributed by atoms with Crippen molar-refractivity contribution >= 4 is 6.29 Å². The first-order valence-corrected chi connectivity index (χ1v) is 7.09. The monoisotopic (exact) mass is 240 g/mol. The summed E-state index contributed by atoms with van der Waals surface area (Å²) in [5.74, 6) is 0.791. The van der Waals surface area contributed by atoms with Crippen molar-refractivity contribution in [1.29, 1.82) is 0 Å². The van der Waals surface area contributed by atoms with Gasteiger partial charge in [-0.05, 0) is 43.4 Å². The molecule has 1 aliphatic carbocycles. The van der Waals surface area contributed by atoms with Gasteiger partial charge in [-0.3, -0.25) is 0 Å². The fraction of sp³-hybridized carbons (Fsp3) is 0.933. The fourth-order valence-corrected chi connectivity index (χ4v) is 3.14. The number of unbranched alkanes of at least 4 members (excludes halogenated alkanes) is 3. The first kappa shape index (κ1) is 14.7. The van der Waals surface area contributed by atoms with Gasteiger partial charge in [0.05, 0.1) is 6.10 Å². The smallest absolute Gasteiger partial charge is 0.119 e. The van der Waals surface area contributed by atoms with Gasteiger partial charge in [-0.15, -0.1) is 0 Å². The molecular formula is C15H28O2. The highest BCUT2D eigenvalue weighted by Crippen LogP contribution is 2.39. The van der Waals surface area contributed by atoms with Gasteiger partial charge < -0.3 is 9.53 Å². The zero-order valence-corrected chi connectivity index (χ0v) is 11.7. The predicted octanol–water partition coefficient (Wildman–Crippen LogP) is 3.98. The first-order valence-electron chi connectivity index (χ1n) is 7.09. The lowest BCUT2D eigenvalue weighted by Crippen LogP contribution is -2.32. The Bertz CT molecular complexity index is 223. The maximum Gasteiger partial charge on any atom is 0.119 e. The summed E-state index contributed by atoms with van der Waals surface area (Å²) in [5, 5.41) is 0. The van der Waals surface area contributed by atoms with E-state index >= 15 is 0 Å². The van der Waals surface area contributed by atoms with E-state index in [0.29, 0.717) is 17.9 Å². The second kappa shape index (κ2) is 7.15. The molecule has 0 heterocycles. The molecule has 0 amide bonds. The molecule has 0 aliphatic heterocycles. The van der Waals surface area contributed by atoms with Crippen molar-refractivity contribution in [2.45, 2.75) is 71.8 Å². The van der Waals surface area contributed by atoms with E-state index in [1.165, 1.54) is 19.3 Å². The Labute approximate surface area is 106 Å². The maximum absolute atomic E-state index is 10.2. The van der Waals surface area contributed by atoms with Crippen LogP contribution in [0.5, 0.6) is 0 Å². The average molecular weight is 240 g/mol. The van der Waals surface area contributed by atoms with Gasteiger partial charge in [0.1, 0.15) is 6.29 Å². The normalized spacial score (nSPS) is 27.9. The number of hydrogen-bond acceptors (Lipinski definition) is 2. The van der Waals surface area contributed by atoms with Crippen molar-refractivity contribution in [3.63, 3.8) is 0 Å². The van der Waals surface area contributed by atoms with Crippen LogP contribution in [0.2, 0.25) is 0 Å². The third kappa shape index (κ3) is 6.21. The lowest BCUT2D eigenvalue weighted by molar-refractivity contribution is -0.108. The van der Waals surface area contributed by atoms with Crippen LogP contribution in [0.15, 0.2) is 0 Å². The molecule has 100 valence electrons. The molecule has 1 fully saturated rings. The van der Waals surface area contributed by atoms with Crippen molar-refractivity contribution in [1.82, 2.24) is 0 Å². The molecule has 1 aliphatic rings. The highest BCUT2D eigenvalue weighted by atomic mass is 16.5. The molecule has 0 radical (unpaired) electrons. The largest absolute Gasteiger partial charge is 0.378 e. The minimum Gasteiger partial charge on any atom is -0.378 e. The van der Waals surface area contributed by atoms with Crippen LogP contribution in [0.1, 0.15) is 65.7 Å². The topological polar surface area (TPSA) is 26.3 Å². The number of rotatable bonds is 7. The van der Waals surface area contributed by atoms with Crippen molar-refractivity contribution in [2.75, 3.05) is 6.61 Å². The van der Waals surface area contributed by atoms with Gasteiger partial charge >= 0.3 is 0 Å². The second-order valence-corrected chi connectivity index (χ2v) is 6.42. The maximum atomic E-state index is 10.2. The Hall–Kier alpha value is -0.370. The van der Waals surface area contributed by atoms with Gasteiger partial charge in [-0.1, -0.05) is 27.2 Å². The Morgan fingerprint density at radius 2 is 2.00 bits per heavy atom. The van der Waals surface area contributed by atoms with E-state index in [2.05, 4.69) is 20.8 Å². The van der Waals surface area contributed by atoms with E-state index in [1.54, 1.807) is 0 Å². The Kier molecular flexibility index (Phi) is 6.18. The van der Waals surface area contributed by atoms with Crippen LogP contribution in [-0.2, 0) is 9.53 Å². The molecule has 1 saturated carbocycles. The summed E-state index contributed by atoms with van der Waals surface area (Å²) in [4.78, 5) is 10.2. The first-order chi connectivity index (χ1) is 8.03. The van der Waals surface area contributed by atoms with Crippen LogP contribution in [0.3, 0.4) is 0 Å². The SMILES string of the molecule is C[C@@H]1C[C@H](OCCCCCC=O)CC(C)(C)C1. The van der Waals surface area contributed by atoms with Gasteiger partial charge in [0.15, 0.2) is 0 Å². The summed E-state index contributed by atoms with van der Waals surface area (Å²) in [6, 6.07) is 0. The highest BCUT2D eigenvalue weighted by Gasteiger charge is 2.32. The number of ether oxygens (including phenoxy) is 1. The minimum absolute atomic E-state index is 0.444. The summed E-state index contributed by atoms with van der Waals surface area (Å²) < 4.78 is 5.98. The summed E-state index contributed by atoms with van der Waals surface area (Å²) in [5.41, 5.74) is 0.444. The molecule has 0 aromatic carbocycles. The lowest BCUT2D eigenvalue weighted by atomic mass is 9.71. The highest BCUT2D eigenvalue weighted by molar-refractivity contribution is 5.48. The van der Waals surface area contributed by atoms with Gasteiger partial charge in [0.2, 0.25) is 0 Å². The summed E-state index contributed by atoms with van der Waals surface area (Å²) in [6.07, 6.45) is 9.14. The van der Waals surface area contributed by atoms with E-state index in [0.717, 1.165) is 38.1 Å². The Morgan fingerprint density at radius 3 is 2.65 bits per heavy atom. The molecule has 2 atom stereocenters. The zero-order valence-electron chi connectivity index (χ0n) is 11.7. The van der Waals surface area contributed by atoms with Crippen LogP contribution in [0.25, 0.3) is 0 Å². The quantitative estimate of drug-likeness (QED) is 0.497. The van der Waals surface area contributed by atoms with E-state index in [-0.39, 0.29) is 0 Å². The van der Waals surface area contributed by atoms with Gasteiger partial charge in [0, 0.05) is 13.0 Å². The molecule has 0 N–H and O–H groups in total. The third-order valence-corrected chi connectivity index (χ3v) is 3.67. The fourth-order valence-electron chi connectivity index (χ4n) is 3.14. The van der Waals surface area contributed by atoms with Crippen LogP contribution >= 0.6 is 0 Å². The van der Waals surface area contributed by atoms with Gasteiger partial charge in [-0.25, -0.2) is 0 Å². The van der Waals surface area contributed by atoms with E-state index in [1.807, 2.05) is 0 Å². The second-order valence-electron chi connectivity index (χ2n) is 6.42. The Morgan fingerprint density at radius 1 is 1.24 bits per heavy atom. The molecule has 0 saturated heterocycles. The van der Waals surface area contributed by atoms with E-state index < -0.39 is 0 Å². The third-order valence-electron chi connectivity index (χ3n) is 3.67. The van der Waals surface area contributed by atoms with E-state index in [4.69, 9.17) is 4.74 Å². The van der Waals surface area contributed by atoms with Crippen molar-refractivity contribution in [3.05, 3.63) is 0 Å². The molecule has 1 rings (SSSR count). The lowest BCUT2D eigenvalue weighted by Gasteiger charge is -2.38. The molecule has 0 aromatic heterocycles. The van der Waals surface area contributed by atoms with Crippen molar-refractivity contribution < 1.29 is 9.53 Å². The average Bonchev–Trinajstić information content (AvgIpc) is 2.20. The molecule has 0 bridgehead atoms. The van der Waals surface area contributed by atoms with Crippen LogP contribution in [-0.4, -0.2) is 19.0 Å². The molecule has 2 nitrogen and oxygen atoms in total. The number of carbonyl (C=O) groups is 1. The molecular weight excluding hydrogens is 212 g/mol. The molecule has 0 unspecified atom stereocenters. The number of hydrogen-bond donors (Lipinski definition) is 0. The summed E-state index contributed by atoms with van der Waals surface area (Å²) >= 11 is 0. The van der Waals surface area contributed by atoms with Gasteiger partial charge in [-0.2, -0.15) is 0 Å². The van der Waals surface area contributed by atoms with Gasteiger partial charge in [0.25, 0.3) is 0 Å². The van der Waals surface area contributed by atoms with E-state index in [9.17, 15) is 4.79 Å². The van der Waals surface area contributed by atoms with Crippen LogP contribution < -0.4 is 0 Å². The summed E-state index contributed by atoms with van der Waals surface area (Å²) in [6.45, 7) is 7.90. The molecule has 17 heavy (non-hydrogen) atoms. The standard InChI is InChI=1S/C15H28O2/c1-13-10-14(12-15(2,3)11-13)17-9-7-5-4-6-8-16/h8,13-14H,4-7,9-12H2,1-3H3/t13-,14+/m1/s1. The van der Waals surface area contributed by atoms with Crippen LogP contribution in [0, 0.1) is 11.3 Å². The van der Waals surface area contributed by atoms with Crippen molar-refractivity contribution in [3.8, 4) is 0 Å². The molecule has 0 aromatic rings. The minimum atomic E-state index is 0.444. The molecule has 2 heteroatoms. The van der Waals surface area contributed by atoms with Crippen molar-refractivity contribution in [2.24, 2.45) is 11.3 Å². The zero-order chi connectivity index (χ0) is 12.7. The number of carbonyl (C=O) groups excluding carboxylic acids is 1.